The van der Waals surface area contributed by atoms with E-state index in [2.05, 4.69) is 74.2 Å². The Morgan fingerprint density at radius 1 is 0.870 bits per heavy atom. The van der Waals surface area contributed by atoms with Gasteiger partial charge >= 0.3 is 0 Å². The summed E-state index contributed by atoms with van der Waals surface area (Å²) in [7, 11) is 0. The third-order valence-corrected chi connectivity index (χ3v) is 4.15. The third-order valence-electron chi connectivity index (χ3n) is 4.15. The molecule has 0 saturated heterocycles. The van der Waals surface area contributed by atoms with Gasteiger partial charge in [-0.3, -0.25) is 0 Å². The molecule has 0 aliphatic rings. The Hall–Kier alpha value is -2.08. The molecule has 2 aromatic carbocycles. The monoisotopic (exact) mass is 304 g/mol. The van der Waals surface area contributed by atoms with Crippen LogP contribution in [-0.2, 0) is 6.42 Å². The van der Waals surface area contributed by atoms with Crippen LogP contribution < -0.4 is 0 Å². The molecule has 120 valence electrons. The van der Waals surface area contributed by atoms with Gasteiger partial charge in [-0.2, -0.15) is 0 Å². The van der Waals surface area contributed by atoms with Gasteiger partial charge < -0.3 is 0 Å². The number of hydrogen-bond acceptors (Lipinski definition) is 0. The molecule has 23 heavy (non-hydrogen) atoms. The van der Waals surface area contributed by atoms with Crippen molar-refractivity contribution in [3.63, 3.8) is 0 Å². The Morgan fingerprint density at radius 3 is 2.39 bits per heavy atom. The summed E-state index contributed by atoms with van der Waals surface area (Å²) in [6.07, 6.45) is 13.9. The summed E-state index contributed by atoms with van der Waals surface area (Å²) in [5.74, 6) is 0. The van der Waals surface area contributed by atoms with E-state index in [1.165, 1.54) is 54.4 Å². The lowest BCUT2D eigenvalue weighted by molar-refractivity contribution is 0.675. The van der Waals surface area contributed by atoms with E-state index in [0.29, 0.717) is 0 Å². The van der Waals surface area contributed by atoms with Gasteiger partial charge in [0.05, 0.1) is 0 Å². The SMILES string of the molecule is C=CCc1ccccc1-c1ccccc1C=CCCCCCC. The van der Waals surface area contributed by atoms with Crippen LogP contribution in [0.4, 0.5) is 0 Å². The highest BCUT2D eigenvalue weighted by Gasteiger charge is 2.06. The zero-order valence-electron chi connectivity index (χ0n) is 14.3. The van der Waals surface area contributed by atoms with Crippen LogP contribution in [0.15, 0.2) is 67.3 Å². The van der Waals surface area contributed by atoms with Crippen LogP contribution in [0.5, 0.6) is 0 Å². The molecule has 0 saturated carbocycles. The first-order valence-electron chi connectivity index (χ1n) is 8.81. The van der Waals surface area contributed by atoms with Crippen LogP contribution in [-0.4, -0.2) is 0 Å². The maximum atomic E-state index is 3.88. The lowest BCUT2D eigenvalue weighted by Crippen LogP contribution is -1.90. The van der Waals surface area contributed by atoms with Crippen molar-refractivity contribution in [1.82, 2.24) is 0 Å². The van der Waals surface area contributed by atoms with Gasteiger partial charge in [0.1, 0.15) is 0 Å². The van der Waals surface area contributed by atoms with Gasteiger partial charge in [-0.15, -0.1) is 6.58 Å². The van der Waals surface area contributed by atoms with Gasteiger partial charge in [0.25, 0.3) is 0 Å². The molecule has 0 fully saturated rings. The standard InChI is InChI=1S/C23H28/c1-3-5-6-7-8-9-15-21-17-11-13-19-23(21)22-18-12-10-16-20(22)14-4-2/h4,9-13,15-19H,2-3,5-8,14H2,1H3. The lowest BCUT2D eigenvalue weighted by Gasteiger charge is -2.11. The van der Waals surface area contributed by atoms with E-state index in [0.717, 1.165) is 6.42 Å². The highest BCUT2D eigenvalue weighted by Crippen LogP contribution is 2.28. The smallest absolute Gasteiger partial charge is 0.00940 e. The Kier molecular flexibility index (Phi) is 7.39. The van der Waals surface area contributed by atoms with Crippen LogP contribution in [0.1, 0.15) is 50.2 Å². The summed E-state index contributed by atoms with van der Waals surface area (Å²) in [5, 5.41) is 0. The van der Waals surface area contributed by atoms with Gasteiger partial charge in [-0.05, 0) is 41.5 Å². The van der Waals surface area contributed by atoms with Crippen molar-refractivity contribution in [2.45, 2.75) is 45.4 Å². The molecule has 0 N–H and O–H groups in total. The number of unbranched alkanes of at least 4 members (excludes halogenated alkanes) is 4. The van der Waals surface area contributed by atoms with Gasteiger partial charge in [0.2, 0.25) is 0 Å². The van der Waals surface area contributed by atoms with E-state index in [9.17, 15) is 0 Å². The first-order chi connectivity index (χ1) is 11.4. The number of allylic oxidation sites excluding steroid dienone is 2. The summed E-state index contributed by atoms with van der Waals surface area (Å²) in [6.45, 7) is 6.14. The molecule has 0 unspecified atom stereocenters. The van der Waals surface area contributed by atoms with E-state index in [1.54, 1.807) is 0 Å². The van der Waals surface area contributed by atoms with Crippen molar-refractivity contribution in [2.24, 2.45) is 0 Å². The molecule has 0 radical (unpaired) electrons. The zero-order valence-corrected chi connectivity index (χ0v) is 14.3. The second-order valence-electron chi connectivity index (χ2n) is 5.99. The van der Waals surface area contributed by atoms with Crippen molar-refractivity contribution in [1.29, 1.82) is 0 Å². The Bertz CT molecular complexity index is 634. The molecular weight excluding hydrogens is 276 g/mol. The normalized spacial score (nSPS) is 11.0. The molecule has 0 amide bonds. The van der Waals surface area contributed by atoms with Crippen molar-refractivity contribution in [3.8, 4) is 11.1 Å². The highest BCUT2D eigenvalue weighted by molar-refractivity contribution is 5.77. The Morgan fingerprint density at radius 2 is 1.61 bits per heavy atom. The second kappa shape index (κ2) is 9.84. The lowest BCUT2D eigenvalue weighted by atomic mass is 9.93. The molecule has 0 aliphatic carbocycles. The van der Waals surface area contributed by atoms with E-state index in [4.69, 9.17) is 0 Å². The molecular formula is C23H28. The third kappa shape index (κ3) is 5.25. The van der Waals surface area contributed by atoms with E-state index >= 15 is 0 Å². The minimum atomic E-state index is 0.908. The molecule has 0 aliphatic heterocycles. The molecule has 0 nitrogen and oxygen atoms in total. The van der Waals surface area contributed by atoms with Gasteiger partial charge in [-0.25, -0.2) is 0 Å². The summed E-state index contributed by atoms with van der Waals surface area (Å²) in [5.41, 5.74) is 5.28. The summed E-state index contributed by atoms with van der Waals surface area (Å²) in [6, 6.07) is 17.3. The molecule has 0 bridgehead atoms. The fourth-order valence-corrected chi connectivity index (χ4v) is 2.90. The van der Waals surface area contributed by atoms with Crippen LogP contribution in [0, 0.1) is 0 Å². The summed E-state index contributed by atoms with van der Waals surface area (Å²) < 4.78 is 0. The zero-order chi connectivity index (χ0) is 16.3. The fraction of sp³-hybridized carbons (Fsp3) is 0.304. The van der Waals surface area contributed by atoms with Crippen LogP contribution >= 0.6 is 0 Å². The van der Waals surface area contributed by atoms with E-state index in [1.807, 2.05) is 6.08 Å². The van der Waals surface area contributed by atoms with E-state index in [-0.39, 0.29) is 0 Å². The Balaban J connectivity index is 2.18. The average Bonchev–Trinajstić information content (AvgIpc) is 2.59. The average molecular weight is 304 g/mol. The van der Waals surface area contributed by atoms with Crippen LogP contribution in [0.2, 0.25) is 0 Å². The molecule has 2 aromatic rings. The topological polar surface area (TPSA) is 0 Å². The molecule has 2 rings (SSSR count). The highest BCUT2D eigenvalue weighted by atomic mass is 14.1. The minimum Gasteiger partial charge on any atom is -0.103 e. The summed E-state index contributed by atoms with van der Waals surface area (Å²) >= 11 is 0. The van der Waals surface area contributed by atoms with E-state index < -0.39 is 0 Å². The second-order valence-corrected chi connectivity index (χ2v) is 5.99. The van der Waals surface area contributed by atoms with Crippen LogP contribution in [0.25, 0.3) is 17.2 Å². The predicted octanol–water partition coefficient (Wildman–Crippen LogP) is 7.07. The van der Waals surface area contributed by atoms with Gasteiger partial charge in [0, 0.05) is 0 Å². The molecule has 0 atom stereocenters. The van der Waals surface area contributed by atoms with Crippen molar-refractivity contribution in [2.75, 3.05) is 0 Å². The molecule has 0 spiro atoms. The minimum absolute atomic E-state index is 0.908. The van der Waals surface area contributed by atoms with Crippen molar-refractivity contribution >= 4 is 6.08 Å². The molecule has 0 aromatic heterocycles. The quantitative estimate of drug-likeness (QED) is 0.343. The Labute approximate surface area is 141 Å². The molecule has 0 heterocycles. The number of rotatable bonds is 9. The van der Waals surface area contributed by atoms with Gasteiger partial charge in [-0.1, -0.05) is 92.9 Å². The summed E-state index contributed by atoms with van der Waals surface area (Å²) in [4.78, 5) is 0. The number of hydrogen-bond donors (Lipinski definition) is 0. The predicted molar refractivity (Wildman–Crippen MR) is 104 cm³/mol. The maximum Gasteiger partial charge on any atom is -0.00940 e. The van der Waals surface area contributed by atoms with Crippen molar-refractivity contribution in [3.05, 3.63) is 78.4 Å². The largest absolute Gasteiger partial charge is 0.103 e. The first-order valence-corrected chi connectivity index (χ1v) is 8.81. The maximum absolute atomic E-state index is 3.88. The fourth-order valence-electron chi connectivity index (χ4n) is 2.90. The van der Waals surface area contributed by atoms with Crippen molar-refractivity contribution < 1.29 is 0 Å². The van der Waals surface area contributed by atoms with Crippen LogP contribution in [0.3, 0.4) is 0 Å². The first kappa shape index (κ1) is 17.3. The molecule has 0 heteroatoms. The number of benzene rings is 2. The van der Waals surface area contributed by atoms with Gasteiger partial charge in [0.15, 0.2) is 0 Å².